The lowest BCUT2D eigenvalue weighted by molar-refractivity contribution is 0.386. The SMILES string of the molecule is COc1ccc(C[S@@](=O)c2ncccc2Br)cc1F. The summed E-state index contributed by atoms with van der Waals surface area (Å²) in [6.45, 7) is 0. The van der Waals surface area contributed by atoms with E-state index in [9.17, 15) is 8.60 Å². The van der Waals surface area contributed by atoms with Crippen molar-refractivity contribution in [3.05, 3.63) is 52.4 Å². The summed E-state index contributed by atoms with van der Waals surface area (Å²) in [4.78, 5) is 4.07. The lowest BCUT2D eigenvalue weighted by Gasteiger charge is -2.06. The molecular formula is C13H11BrFNO2S. The number of hydrogen-bond acceptors (Lipinski definition) is 3. The van der Waals surface area contributed by atoms with Crippen molar-refractivity contribution in [2.45, 2.75) is 10.8 Å². The first-order valence-electron chi connectivity index (χ1n) is 5.43. The first-order valence-corrected chi connectivity index (χ1v) is 7.54. The van der Waals surface area contributed by atoms with Gasteiger partial charge in [-0.3, -0.25) is 4.21 Å². The van der Waals surface area contributed by atoms with Crippen LogP contribution < -0.4 is 4.74 Å². The molecule has 0 radical (unpaired) electrons. The van der Waals surface area contributed by atoms with Crippen LogP contribution in [0, 0.1) is 5.82 Å². The number of ether oxygens (including phenoxy) is 1. The predicted molar refractivity (Wildman–Crippen MR) is 75.0 cm³/mol. The first kappa shape index (κ1) is 14.1. The Balaban J connectivity index is 2.20. The van der Waals surface area contributed by atoms with Crippen molar-refractivity contribution in [2.75, 3.05) is 7.11 Å². The Morgan fingerprint density at radius 3 is 2.84 bits per heavy atom. The summed E-state index contributed by atoms with van der Waals surface area (Å²) in [6, 6.07) is 8.06. The highest BCUT2D eigenvalue weighted by Gasteiger charge is 2.12. The van der Waals surface area contributed by atoms with Crippen LogP contribution in [0.2, 0.25) is 0 Å². The minimum absolute atomic E-state index is 0.175. The maximum Gasteiger partial charge on any atom is 0.165 e. The smallest absolute Gasteiger partial charge is 0.165 e. The van der Waals surface area contributed by atoms with Crippen molar-refractivity contribution in [3.8, 4) is 5.75 Å². The third-order valence-electron chi connectivity index (χ3n) is 2.45. The van der Waals surface area contributed by atoms with Gasteiger partial charge in [-0.05, 0) is 45.8 Å². The molecule has 0 spiro atoms. The fraction of sp³-hybridized carbons (Fsp3) is 0.154. The molecule has 0 aliphatic rings. The number of hydrogen-bond donors (Lipinski definition) is 0. The van der Waals surface area contributed by atoms with Gasteiger partial charge in [-0.1, -0.05) is 6.07 Å². The number of benzene rings is 1. The highest BCUT2D eigenvalue weighted by atomic mass is 79.9. The molecule has 1 heterocycles. The molecule has 6 heteroatoms. The van der Waals surface area contributed by atoms with E-state index in [1.54, 1.807) is 24.4 Å². The molecule has 0 saturated heterocycles. The van der Waals surface area contributed by atoms with Crippen molar-refractivity contribution in [3.63, 3.8) is 0 Å². The van der Waals surface area contributed by atoms with Crippen molar-refractivity contribution in [2.24, 2.45) is 0 Å². The summed E-state index contributed by atoms with van der Waals surface area (Å²) in [5, 5.41) is 0.457. The van der Waals surface area contributed by atoms with Crippen LogP contribution in [0.4, 0.5) is 4.39 Å². The van der Waals surface area contributed by atoms with E-state index in [4.69, 9.17) is 4.74 Å². The van der Waals surface area contributed by atoms with Gasteiger partial charge in [0.25, 0.3) is 0 Å². The summed E-state index contributed by atoms with van der Waals surface area (Å²) in [5.41, 5.74) is 0.634. The molecule has 0 amide bonds. The molecule has 0 N–H and O–H groups in total. The lowest BCUT2D eigenvalue weighted by atomic mass is 10.2. The molecule has 2 rings (SSSR count). The van der Waals surface area contributed by atoms with Crippen molar-refractivity contribution in [1.82, 2.24) is 4.98 Å². The molecule has 0 bridgehead atoms. The molecule has 1 aromatic carbocycles. The van der Waals surface area contributed by atoms with Gasteiger partial charge in [-0.25, -0.2) is 9.37 Å². The average molecular weight is 344 g/mol. The third kappa shape index (κ3) is 3.39. The van der Waals surface area contributed by atoms with E-state index in [1.165, 1.54) is 19.2 Å². The highest BCUT2D eigenvalue weighted by molar-refractivity contribution is 9.10. The summed E-state index contributed by atoms with van der Waals surface area (Å²) in [6.07, 6.45) is 1.58. The molecule has 0 aliphatic heterocycles. The van der Waals surface area contributed by atoms with E-state index < -0.39 is 16.6 Å². The molecule has 0 aliphatic carbocycles. The van der Waals surface area contributed by atoms with Crippen molar-refractivity contribution < 1.29 is 13.3 Å². The van der Waals surface area contributed by atoms with Gasteiger partial charge >= 0.3 is 0 Å². The Bertz CT molecular complexity index is 621. The third-order valence-corrected chi connectivity index (χ3v) is 4.71. The minimum Gasteiger partial charge on any atom is -0.494 e. The second-order valence-corrected chi connectivity index (χ2v) is 5.97. The largest absolute Gasteiger partial charge is 0.494 e. The molecular weight excluding hydrogens is 333 g/mol. The van der Waals surface area contributed by atoms with Gasteiger partial charge in [0.2, 0.25) is 0 Å². The number of halogens is 2. The first-order chi connectivity index (χ1) is 9.11. The second-order valence-electron chi connectivity index (χ2n) is 3.75. The van der Waals surface area contributed by atoms with E-state index in [0.717, 1.165) is 0 Å². The summed E-state index contributed by atoms with van der Waals surface area (Å²) < 4.78 is 31.2. The number of aromatic nitrogens is 1. The zero-order chi connectivity index (χ0) is 13.8. The molecule has 0 unspecified atom stereocenters. The molecule has 19 heavy (non-hydrogen) atoms. The monoisotopic (exact) mass is 343 g/mol. The molecule has 100 valence electrons. The Morgan fingerprint density at radius 2 is 2.21 bits per heavy atom. The number of rotatable bonds is 4. The van der Waals surface area contributed by atoms with Crippen molar-refractivity contribution >= 4 is 26.7 Å². The fourth-order valence-corrected chi connectivity index (χ4v) is 3.44. The lowest BCUT2D eigenvalue weighted by Crippen LogP contribution is -2.01. The average Bonchev–Trinajstić information content (AvgIpc) is 2.39. The van der Waals surface area contributed by atoms with Crippen molar-refractivity contribution in [1.29, 1.82) is 0 Å². The zero-order valence-corrected chi connectivity index (χ0v) is 12.5. The summed E-state index contributed by atoms with van der Waals surface area (Å²) in [7, 11) is 0.0757. The number of nitrogens with zero attached hydrogens (tertiary/aromatic N) is 1. The molecule has 2 aromatic rings. The van der Waals surface area contributed by atoms with E-state index >= 15 is 0 Å². The Kier molecular flexibility index (Phi) is 4.66. The van der Waals surface area contributed by atoms with Gasteiger partial charge in [-0.15, -0.1) is 0 Å². The van der Waals surface area contributed by atoms with E-state index in [0.29, 0.717) is 15.1 Å². The maximum absolute atomic E-state index is 13.5. The van der Waals surface area contributed by atoms with Crippen LogP contribution >= 0.6 is 15.9 Å². The fourth-order valence-electron chi connectivity index (χ4n) is 1.56. The standard InChI is InChI=1S/C13H11BrFNO2S/c1-18-12-5-4-9(7-11(12)15)8-19(17)13-10(14)3-2-6-16-13/h2-7H,8H2,1H3/t19-/m1/s1. The molecule has 3 nitrogen and oxygen atoms in total. The van der Waals surface area contributed by atoms with Crippen LogP contribution in [0.25, 0.3) is 0 Å². The number of methoxy groups -OCH3 is 1. The van der Waals surface area contributed by atoms with Gasteiger partial charge in [0.1, 0.15) is 5.03 Å². The molecule has 1 atom stereocenters. The quantitative estimate of drug-likeness (QED) is 0.854. The predicted octanol–water partition coefficient (Wildman–Crippen LogP) is 3.30. The van der Waals surface area contributed by atoms with Crippen LogP contribution in [0.5, 0.6) is 5.75 Å². The Hall–Kier alpha value is -1.27. The van der Waals surface area contributed by atoms with Gasteiger partial charge in [0, 0.05) is 6.20 Å². The van der Waals surface area contributed by atoms with Crippen LogP contribution in [0.15, 0.2) is 46.0 Å². The maximum atomic E-state index is 13.5. The van der Waals surface area contributed by atoms with Gasteiger partial charge in [-0.2, -0.15) is 0 Å². The Labute approximate surface area is 121 Å². The molecule has 1 aromatic heterocycles. The van der Waals surface area contributed by atoms with Crippen LogP contribution in [-0.4, -0.2) is 16.3 Å². The highest BCUT2D eigenvalue weighted by Crippen LogP contribution is 2.22. The molecule has 0 saturated carbocycles. The number of pyridine rings is 1. The van der Waals surface area contributed by atoms with Crippen LogP contribution in [-0.2, 0) is 16.6 Å². The van der Waals surface area contributed by atoms with Gasteiger partial charge in [0.15, 0.2) is 11.6 Å². The Morgan fingerprint density at radius 1 is 1.42 bits per heavy atom. The summed E-state index contributed by atoms with van der Waals surface area (Å²) in [5.74, 6) is -0.0816. The zero-order valence-electron chi connectivity index (χ0n) is 10.1. The topological polar surface area (TPSA) is 39.2 Å². The molecule has 0 fully saturated rings. The van der Waals surface area contributed by atoms with E-state index in [-0.39, 0.29) is 11.5 Å². The van der Waals surface area contributed by atoms with E-state index in [1.807, 2.05) is 0 Å². The minimum atomic E-state index is -1.33. The van der Waals surface area contributed by atoms with E-state index in [2.05, 4.69) is 20.9 Å². The summed E-state index contributed by atoms with van der Waals surface area (Å²) >= 11 is 3.30. The van der Waals surface area contributed by atoms with Gasteiger partial charge < -0.3 is 4.74 Å². The normalized spacial score (nSPS) is 12.2. The second kappa shape index (κ2) is 6.25. The van der Waals surface area contributed by atoms with Gasteiger partial charge in [0.05, 0.1) is 28.1 Å². The van der Waals surface area contributed by atoms with Crippen LogP contribution in [0.1, 0.15) is 5.56 Å². The van der Waals surface area contributed by atoms with Crippen LogP contribution in [0.3, 0.4) is 0 Å².